The molecule has 1 aliphatic heterocycles. The van der Waals surface area contributed by atoms with Gasteiger partial charge in [0.2, 0.25) is 0 Å². The van der Waals surface area contributed by atoms with Crippen LogP contribution in [0, 0.1) is 5.92 Å². The van der Waals surface area contributed by atoms with Gasteiger partial charge >= 0.3 is 6.09 Å². The predicted molar refractivity (Wildman–Crippen MR) is 49.4 cm³/mol. The standard InChI is InChI=1S/C10H17NO2/c1-2-8-9(13-10(12)11-8)7-5-3-4-6-7/h7-9H,2-6H2,1H3,(H,11,12). The number of ether oxygens (including phenoxy) is 1. The minimum atomic E-state index is -0.219. The second-order valence-corrected chi connectivity index (χ2v) is 4.07. The number of cyclic esters (lactones) is 1. The molecule has 2 atom stereocenters. The molecule has 1 heterocycles. The molecule has 2 rings (SSSR count). The SMILES string of the molecule is CCC1NC(=O)OC1C1CCCC1. The van der Waals surface area contributed by atoms with Gasteiger partial charge in [0, 0.05) is 0 Å². The number of rotatable bonds is 2. The zero-order valence-corrected chi connectivity index (χ0v) is 8.08. The van der Waals surface area contributed by atoms with Gasteiger partial charge in [-0.2, -0.15) is 0 Å². The van der Waals surface area contributed by atoms with Crippen molar-refractivity contribution < 1.29 is 9.53 Å². The molecule has 0 aromatic rings. The summed E-state index contributed by atoms with van der Waals surface area (Å²) >= 11 is 0. The molecule has 0 radical (unpaired) electrons. The van der Waals surface area contributed by atoms with E-state index in [1.807, 2.05) is 0 Å². The zero-order valence-electron chi connectivity index (χ0n) is 8.08. The predicted octanol–water partition coefficient (Wildman–Crippen LogP) is 2.06. The lowest BCUT2D eigenvalue weighted by Crippen LogP contribution is -2.34. The highest BCUT2D eigenvalue weighted by atomic mass is 16.6. The molecule has 1 saturated carbocycles. The van der Waals surface area contributed by atoms with Crippen LogP contribution in [-0.4, -0.2) is 18.2 Å². The number of carbonyl (C=O) groups is 1. The van der Waals surface area contributed by atoms with E-state index < -0.39 is 0 Å². The van der Waals surface area contributed by atoms with Gasteiger partial charge in [0.15, 0.2) is 0 Å². The average molecular weight is 183 g/mol. The van der Waals surface area contributed by atoms with Crippen LogP contribution in [0.3, 0.4) is 0 Å². The second-order valence-electron chi connectivity index (χ2n) is 4.07. The second kappa shape index (κ2) is 3.56. The first-order chi connectivity index (χ1) is 6.31. The van der Waals surface area contributed by atoms with Gasteiger partial charge in [0.05, 0.1) is 6.04 Å². The molecule has 1 amide bonds. The number of hydrogen-bond acceptors (Lipinski definition) is 2. The first-order valence-corrected chi connectivity index (χ1v) is 5.28. The molecule has 3 heteroatoms. The van der Waals surface area contributed by atoms with Crippen molar-refractivity contribution in [3.05, 3.63) is 0 Å². The topological polar surface area (TPSA) is 38.3 Å². The molecule has 0 aromatic carbocycles. The highest BCUT2D eigenvalue weighted by Crippen LogP contribution is 2.33. The largest absolute Gasteiger partial charge is 0.444 e. The molecule has 0 aromatic heterocycles. The van der Waals surface area contributed by atoms with E-state index in [1.165, 1.54) is 25.7 Å². The van der Waals surface area contributed by atoms with Crippen molar-refractivity contribution in [2.45, 2.75) is 51.2 Å². The molecular weight excluding hydrogens is 166 g/mol. The molecule has 2 unspecified atom stereocenters. The number of nitrogens with one attached hydrogen (secondary N) is 1. The van der Waals surface area contributed by atoms with Gasteiger partial charge in [-0.3, -0.25) is 0 Å². The van der Waals surface area contributed by atoms with Crippen molar-refractivity contribution in [2.24, 2.45) is 5.92 Å². The van der Waals surface area contributed by atoms with Crippen molar-refractivity contribution in [1.29, 1.82) is 0 Å². The fraction of sp³-hybridized carbons (Fsp3) is 0.900. The summed E-state index contributed by atoms with van der Waals surface area (Å²) in [6.07, 6.45) is 5.98. The number of alkyl carbamates (subject to hydrolysis) is 1. The molecule has 1 N–H and O–H groups in total. The summed E-state index contributed by atoms with van der Waals surface area (Å²) in [7, 11) is 0. The Morgan fingerprint density at radius 1 is 1.46 bits per heavy atom. The zero-order chi connectivity index (χ0) is 9.26. The van der Waals surface area contributed by atoms with Crippen molar-refractivity contribution in [3.8, 4) is 0 Å². The van der Waals surface area contributed by atoms with Crippen LogP contribution in [0.5, 0.6) is 0 Å². The Morgan fingerprint density at radius 2 is 2.15 bits per heavy atom. The van der Waals surface area contributed by atoms with E-state index in [9.17, 15) is 4.79 Å². The van der Waals surface area contributed by atoms with Crippen LogP contribution in [0.1, 0.15) is 39.0 Å². The number of carbonyl (C=O) groups excluding carboxylic acids is 1. The minimum Gasteiger partial charge on any atom is -0.444 e. The maximum Gasteiger partial charge on any atom is 0.407 e. The Bertz CT molecular complexity index is 199. The molecule has 2 aliphatic rings. The lowest BCUT2D eigenvalue weighted by Gasteiger charge is -2.21. The number of hydrogen-bond donors (Lipinski definition) is 1. The van der Waals surface area contributed by atoms with E-state index in [1.54, 1.807) is 0 Å². The van der Waals surface area contributed by atoms with E-state index in [0.717, 1.165) is 6.42 Å². The molecule has 1 aliphatic carbocycles. The van der Waals surface area contributed by atoms with E-state index in [0.29, 0.717) is 5.92 Å². The average Bonchev–Trinajstić information content (AvgIpc) is 2.71. The Labute approximate surface area is 78.8 Å². The van der Waals surface area contributed by atoms with Gasteiger partial charge in [0.25, 0.3) is 0 Å². The van der Waals surface area contributed by atoms with Gasteiger partial charge < -0.3 is 10.1 Å². The van der Waals surface area contributed by atoms with Crippen LogP contribution in [0.4, 0.5) is 4.79 Å². The summed E-state index contributed by atoms with van der Waals surface area (Å²) in [6, 6.07) is 0.260. The number of amides is 1. The molecule has 2 fully saturated rings. The summed E-state index contributed by atoms with van der Waals surface area (Å²) in [4.78, 5) is 11.0. The fourth-order valence-corrected chi connectivity index (χ4v) is 2.52. The van der Waals surface area contributed by atoms with Crippen LogP contribution in [-0.2, 0) is 4.74 Å². The Morgan fingerprint density at radius 3 is 2.77 bits per heavy atom. The summed E-state index contributed by atoms with van der Waals surface area (Å²) in [5, 5.41) is 2.87. The molecular formula is C10H17NO2. The first-order valence-electron chi connectivity index (χ1n) is 5.28. The first kappa shape index (κ1) is 8.85. The lowest BCUT2D eigenvalue weighted by atomic mass is 9.94. The van der Waals surface area contributed by atoms with Crippen molar-refractivity contribution in [3.63, 3.8) is 0 Å². The van der Waals surface area contributed by atoms with E-state index in [-0.39, 0.29) is 18.2 Å². The Kier molecular flexibility index (Phi) is 2.42. The van der Waals surface area contributed by atoms with E-state index in [4.69, 9.17) is 4.74 Å². The molecule has 0 bridgehead atoms. The van der Waals surface area contributed by atoms with E-state index in [2.05, 4.69) is 12.2 Å². The van der Waals surface area contributed by atoms with Gasteiger partial charge in [-0.1, -0.05) is 19.8 Å². The molecule has 13 heavy (non-hydrogen) atoms. The van der Waals surface area contributed by atoms with E-state index >= 15 is 0 Å². The van der Waals surface area contributed by atoms with Crippen LogP contribution in [0.15, 0.2) is 0 Å². The fourth-order valence-electron chi connectivity index (χ4n) is 2.52. The Hall–Kier alpha value is -0.730. The normalized spacial score (nSPS) is 34.7. The quantitative estimate of drug-likeness (QED) is 0.711. The van der Waals surface area contributed by atoms with Crippen LogP contribution < -0.4 is 5.32 Å². The summed E-state index contributed by atoms with van der Waals surface area (Å²) in [6.45, 7) is 2.10. The molecule has 3 nitrogen and oxygen atoms in total. The van der Waals surface area contributed by atoms with Crippen LogP contribution in [0.2, 0.25) is 0 Å². The summed E-state index contributed by atoms with van der Waals surface area (Å²) in [5.41, 5.74) is 0. The summed E-state index contributed by atoms with van der Waals surface area (Å²) in [5.74, 6) is 0.615. The smallest absolute Gasteiger partial charge is 0.407 e. The Balaban J connectivity index is 1.99. The van der Waals surface area contributed by atoms with Gasteiger partial charge in [-0.25, -0.2) is 4.79 Å². The molecule has 1 saturated heterocycles. The highest BCUT2D eigenvalue weighted by Gasteiger charge is 2.39. The van der Waals surface area contributed by atoms with Gasteiger partial charge in [0.1, 0.15) is 6.10 Å². The summed E-state index contributed by atoms with van der Waals surface area (Å²) < 4.78 is 5.30. The molecule has 0 spiro atoms. The molecule has 74 valence electrons. The van der Waals surface area contributed by atoms with Crippen LogP contribution in [0.25, 0.3) is 0 Å². The highest BCUT2D eigenvalue weighted by molar-refractivity contribution is 5.70. The maximum atomic E-state index is 11.0. The van der Waals surface area contributed by atoms with Gasteiger partial charge in [-0.05, 0) is 25.2 Å². The van der Waals surface area contributed by atoms with Crippen LogP contribution >= 0.6 is 0 Å². The lowest BCUT2D eigenvalue weighted by molar-refractivity contribution is 0.0917. The maximum absolute atomic E-state index is 11.0. The van der Waals surface area contributed by atoms with Crippen molar-refractivity contribution >= 4 is 6.09 Å². The minimum absolute atomic E-state index is 0.153. The third-order valence-corrected chi connectivity index (χ3v) is 3.25. The van der Waals surface area contributed by atoms with Crippen molar-refractivity contribution in [2.75, 3.05) is 0 Å². The van der Waals surface area contributed by atoms with Crippen molar-refractivity contribution in [1.82, 2.24) is 5.32 Å². The monoisotopic (exact) mass is 183 g/mol. The third kappa shape index (κ3) is 1.64. The third-order valence-electron chi connectivity index (χ3n) is 3.25. The van der Waals surface area contributed by atoms with Gasteiger partial charge in [-0.15, -0.1) is 0 Å².